The second-order valence-electron chi connectivity index (χ2n) is 5.72. The lowest BCUT2D eigenvalue weighted by molar-refractivity contribution is -0.112. The van der Waals surface area contributed by atoms with Crippen molar-refractivity contribution in [3.05, 3.63) is 82.0 Å². The number of carbonyl (C=O) groups excluding carboxylic acids is 1. The summed E-state index contributed by atoms with van der Waals surface area (Å²) in [7, 11) is 0. The molecule has 1 amide bonds. The third kappa shape index (κ3) is 4.55. The highest BCUT2D eigenvalue weighted by Crippen LogP contribution is 2.24. The van der Waals surface area contributed by atoms with Crippen molar-refractivity contribution in [3.63, 3.8) is 0 Å². The molecule has 1 heterocycles. The lowest BCUT2D eigenvalue weighted by atomic mass is 10.1. The average molecular weight is 437 g/mol. The molecule has 1 aromatic heterocycles. The van der Waals surface area contributed by atoms with Crippen LogP contribution in [0.25, 0.3) is 17.4 Å². The number of furan rings is 1. The van der Waals surface area contributed by atoms with Gasteiger partial charge in [0.1, 0.15) is 23.2 Å². The maximum absolute atomic E-state index is 12.3. The smallest absolute Gasteiger partial charge is 0.335 e. The largest absolute Gasteiger partial charge is 0.478 e. The zero-order valence-electron chi connectivity index (χ0n) is 14.3. The van der Waals surface area contributed by atoms with Gasteiger partial charge in [-0.2, -0.15) is 5.26 Å². The highest BCUT2D eigenvalue weighted by atomic mass is 79.9. The molecule has 0 aliphatic heterocycles. The first kappa shape index (κ1) is 19.1. The van der Waals surface area contributed by atoms with E-state index in [0.29, 0.717) is 22.8 Å². The van der Waals surface area contributed by atoms with Gasteiger partial charge in [-0.25, -0.2) is 4.79 Å². The zero-order chi connectivity index (χ0) is 20.1. The SMILES string of the molecule is N#C/C(=C\c1ccc(-c2ccc(C(=O)O)cc2)o1)C(=O)Nc1cccc(Br)c1. The molecule has 0 spiro atoms. The van der Waals surface area contributed by atoms with Gasteiger partial charge < -0.3 is 14.8 Å². The molecule has 7 heteroatoms. The quantitative estimate of drug-likeness (QED) is 0.434. The van der Waals surface area contributed by atoms with Crippen molar-refractivity contribution >= 4 is 39.6 Å². The molecule has 0 unspecified atom stereocenters. The van der Waals surface area contributed by atoms with Gasteiger partial charge in [0.2, 0.25) is 0 Å². The fourth-order valence-electron chi connectivity index (χ4n) is 2.42. The maximum atomic E-state index is 12.3. The van der Waals surface area contributed by atoms with Crippen LogP contribution in [-0.2, 0) is 4.79 Å². The van der Waals surface area contributed by atoms with Crippen molar-refractivity contribution in [1.82, 2.24) is 0 Å². The van der Waals surface area contributed by atoms with Gasteiger partial charge in [0, 0.05) is 21.8 Å². The monoisotopic (exact) mass is 436 g/mol. The van der Waals surface area contributed by atoms with Crippen molar-refractivity contribution in [2.45, 2.75) is 0 Å². The normalized spacial score (nSPS) is 10.9. The second-order valence-corrected chi connectivity index (χ2v) is 6.63. The minimum absolute atomic E-state index is 0.109. The lowest BCUT2D eigenvalue weighted by Crippen LogP contribution is -2.13. The standard InChI is InChI=1S/C21H13BrN2O4/c22-16-2-1-3-17(11-16)24-20(25)15(12-23)10-18-8-9-19(28-18)13-4-6-14(7-5-13)21(26)27/h1-11H,(H,24,25)(H,26,27)/b15-10+. The number of carbonyl (C=O) groups is 2. The van der Waals surface area contributed by atoms with Gasteiger partial charge >= 0.3 is 5.97 Å². The van der Waals surface area contributed by atoms with Crippen LogP contribution in [0.5, 0.6) is 0 Å². The van der Waals surface area contributed by atoms with E-state index in [4.69, 9.17) is 9.52 Å². The summed E-state index contributed by atoms with van der Waals surface area (Å²) in [5, 5.41) is 20.9. The van der Waals surface area contributed by atoms with Crippen LogP contribution in [0.3, 0.4) is 0 Å². The Morgan fingerprint density at radius 1 is 1.11 bits per heavy atom. The first-order valence-electron chi connectivity index (χ1n) is 8.08. The van der Waals surface area contributed by atoms with Crippen LogP contribution in [0.1, 0.15) is 16.1 Å². The van der Waals surface area contributed by atoms with Crippen LogP contribution < -0.4 is 5.32 Å². The highest BCUT2D eigenvalue weighted by molar-refractivity contribution is 9.10. The summed E-state index contributed by atoms with van der Waals surface area (Å²) in [6, 6.07) is 18.4. The van der Waals surface area contributed by atoms with Gasteiger partial charge in [-0.05, 0) is 42.5 Å². The summed E-state index contributed by atoms with van der Waals surface area (Å²) in [5.74, 6) is -0.736. The Kier molecular flexibility index (Phi) is 5.72. The number of benzene rings is 2. The minimum Gasteiger partial charge on any atom is -0.478 e. The zero-order valence-corrected chi connectivity index (χ0v) is 15.9. The Balaban J connectivity index is 1.79. The van der Waals surface area contributed by atoms with Crippen molar-refractivity contribution in [1.29, 1.82) is 5.26 Å². The van der Waals surface area contributed by atoms with Crippen LogP contribution in [-0.4, -0.2) is 17.0 Å². The number of carboxylic acid groups (broad SMARTS) is 1. The van der Waals surface area contributed by atoms with Gasteiger partial charge in [0.15, 0.2) is 0 Å². The van der Waals surface area contributed by atoms with Crippen LogP contribution >= 0.6 is 15.9 Å². The third-order valence-corrected chi connectivity index (χ3v) is 4.27. The molecule has 0 atom stereocenters. The van der Waals surface area contributed by atoms with E-state index in [1.165, 1.54) is 18.2 Å². The predicted molar refractivity (Wildman–Crippen MR) is 107 cm³/mol. The number of halogens is 1. The van der Waals surface area contributed by atoms with Gasteiger partial charge in [-0.1, -0.05) is 34.1 Å². The number of hydrogen-bond donors (Lipinski definition) is 2. The highest BCUT2D eigenvalue weighted by Gasteiger charge is 2.12. The van der Waals surface area contributed by atoms with E-state index in [1.54, 1.807) is 42.5 Å². The molecule has 2 N–H and O–H groups in total. The number of anilines is 1. The number of carboxylic acids is 1. The Morgan fingerprint density at radius 3 is 2.50 bits per heavy atom. The molecule has 3 rings (SSSR count). The average Bonchev–Trinajstić information content (AvgIpc) is 3.14. The molecule has 138 valence electrons. The fraction of sp³-hybridized carbons (Fsp3) is 0. The van der Waals surface area contributed by atoms with Crippen LogP contribution in [0.2, 0.25) is 0 Å². The van der Waals surface area contributed by atoms with Crippen LogP contribution in [0, 0.1) is 11.3 Å². The molecule has 0 aliphatic carbocycles. The van der Waals surface area contributed by atoms with E-state index in [0.717, 1.165) is 4.47 Å². The third-order valence-electron chi connectivity index (χ3n) is 3.78. The second kappa shape index (κ2) is 8.37. The molecule has 3 aromatic rings. The molecule has 0 fully saturated rings. The van der Waals surface area contributed by atoms with Gasteiger partial charge in [0.25, 0.3) is 5.91 Å². The first-order valence-corrected chi connectivity index (χ1v) is 8.88. The molecule has 0 aliphatic rings. The Hall–Kier alpha value is -3.63. The Morgan fingerprint density at radius 2 is 1.86 bits per heavy atom. The van der Waals surface area contributed by atoms with E-state index in [2.05, 4.69) is 21.2 Å². The van der Waals surface area contributed by atoms with Crippen molar-refractivity contribution in [3.8, 4) is 17.4 Å². The van der Waals surface area contributed by atoms with Gasteiger partial charge in [-0.15, -0.1) is 0 Å². The fourth-order valence-corrected chi connectivity index (χ4v) is 2.82. The summed E-state index contributed by atoms with van der Waals surface area (Å²) < 4.78 is 6.46. The summed E-state index contributed by atoms with van der Waals surface area (Å²) in [6.45, 7) is 0. The molecular weight excluding hydrogens is 424 g/mol. The number of nitrogens with one attached hydrogen (secondary N) is 1. The summed E-state index contributed by atoms with van der Waals surface area (Å²) >= 11 is 3.32. The van der Waals surface area contributed by atoms with Crippen LogP contribution in [0.4, 0.5) is 5.69 Å². The lowest BCUT2D eigenvalue weighted by Gasteiger charge is -2.04. The van der Waals surface area contributed by atoms with Gasteiger partial charge in [-0.3, -0.25) is 4.79 Å². The number of amides is 1. The summed E-state index contributed by atoms with van der Waals surface area (Å²) in [6.07, 6.45) is 1.35. The predicted octanol–water partition coefficient (Wildman–Crippen LogP) is 4.95. The molecule has 0 saturated carbocycles. The maximum Gasteiger partial charge on any atom is 0.335 e. The molecule has 0 radical (unpaired) electrons. The topological polar surface area (TPSA) is 103 Å². The summed E-state index contributed by atoms with van der Waals surface area (Å²) in [4.78, 5) is 23.2. The Bertz CT molecular complexity index is 1110. The van der Waals surface area contributed by atoms with Crippen LogP contribution in [0.15, 0.2) is 75.1 Å². The number of nitriles is 1. The Labute approximate surface area is 168 Å². The molecule has 2 aromatic carbocycles. The first-order chi connectivity index (χ1) is 13.5. The van der Waals surface area contributed by atoms with E-state index in [9.17, 15) is 14.9 Å². The van der Waals surface area contributed by atoms with Crippen molar-refractivity contribution < 1.29 is 19.1 Å². The van der Waals surface area contributed by atoms with Gasteiger partial charge in [0.05, 0.1) is 5.56 Å². The molecule has 6 nitrogen and oxygen atoms in total. The number of aromatic carboxylic acids is 1. The van der Waals surface area contributed by atoms with E-state index in [-0.39, 0.29) is 11.1 Å². The summed E-state index contributed by atoms with van der Waals surface area (Å²) in [5.41, 5.74) is 1.30. The van der Waals surface area contributed by atoms with Crippen molar-refractivity contribution in [2.24, 2.45) is 0 Å². The molecule has 0 bridgehead atoms. The minimum atomic E-state index is -1.01. The van der Waals surface area contributed by atoms with E-state index < -0.39 is 11.9 Å². The molecule has 0 saturated heterocycles. The van der Waals surface area contributed by atoms with E-state index in [1.807, 2.05) is 12.1 Å². The van der Waals surface area contributed by atoms with Crippen molar-refractivity contribution in [2.75, 3.05) is 5.32 Å². The number of rotatable bonds is 5. The molecule has 28 heavy (non-hydrogen) atoms. The number of hydrogen-bond acceptors (Lipinski definition) is 4. The van der Waals surface area contributed by atoms with E-state index >= 15 is 0 Å². The number of nitrogens with zero attached hydrogens (tertiary/aromatic N) is 1. The molecular formula is C21H13BrN2O4.